The molecule has 0 fully saturated rings. The highest BCUT2D eigenvalue weighted by atomic mass is 15.2. The van der Waals surface area contributed by atoms with Gasteiger partial charge in [0, 0.05) is 61.6 Å². The Kier molecular flexibility index (Phi) is 14.9. The fourth-order valence-electron chi connectivity index (χ4n) is 13.6. The quantitative estimate of drug-likeness (QED) is 0.161. The molecule has 91 heavy (non-hydrogen) atoms. The number of rotatable bonds is 5. The van der Waals surface area contributed by atoms with Crippen molar-refractivity contribution in [3.8, 4) is 33.9 Å². The molecular weight excluding hydrogens is 1100 g/mol. The number of anilines is 6. The van der Waals surface area contributed by atoms with E-state index >= 15 is 0 Å². The Bertz CT molecular complexity index is 4140. The molecular formula is C86H99BN4. The minimum atomic E-state index is -0.143. The van der Waals surface area contributed by atoms with E-state index in [0.29, 0.717) is 5.82 Å². The Balaban J connectivity index is 1.30. The molecule has 0 radical (unpaired) electrons. The monoisotopic (exact) mass is 1200 g/mol. The molecule has 0 spiro atoms. The minimum Gasteiger partial charge on any atom is -0.311 e. The SMILES string of the molecule is CC(C)(C)c1cc(-c2cc(-c3cc(C(C)(C)C)cc(C(C)(C)C)c3)nc(-c3cc4c5c(c3)N(c3cc(C(C)(C)C)cc(C(C)(C)C)c3)c3c(ccc6ccccc36)B5c3ccc5ccccc5c3N4c3cc(C(C)(C)C)cc(C(C)(C)C)c3)n2)cc(C(C)(C)C)c1. The normalized spacial score (nSPS) is 14.1. The molecule has 12 rings (SSSR count). The third-order valence-electron chi connectivity index (χ3n) is 19.6. The number of benzene rings is 9. The summed E-state index contributed by atoms with van der Waals surface area (Å²) in [7, 11) is 0. The first-order valence-electron chi connectivity index (χ1n) is 33.5. The smallest absolute Gasteiger partial charge is 0.252 e. The molecule has 9 aromatic carbocycles. The van der Waals surface area contributed by atoms with Gasteiger partial charge in [-0.25, -0.2) is 9.97 Å². The Morgan fingerprint density at radius 1 is 0.286 bits per heavy atom. The van der Waals surface area contributed by atoms with E-state index in [-0.39, 0.29) is 50.0 Å². The van der Waals surface area contributed by atoms with Crippen molar-refractivity contribution in [2.45, 2.75) is 209 Å². The second-order valence-corrected chi connectivity index (χ2v) is 35.1. The fraction of sp³-hybridized carbons (Fsp3) is 0.372. The molecule has 4 nitrogen and oxygen atoms in total. The van der Waals surface area contributed by atoms with Gasteiger partial charge in [0.1, 0.15) is 0 Å². The van der Waals surface area contributed by atoms with Crippen LogP contribution in [0.3, 0.4) is 0 Å². The Morgan fingerprint density at radius 3 is 0.868 bits per heavy atom. The molecule has 5 heteroatoms. The predicted molar refractivity (Wildman–Crippen MR) is 397 cm³/mol. The van der Waals surface area contributed by atoms with Crippen LogP contribution in [0, 0.1) is 0 Å². The molecule has 1 aromatic heterocycles. The van der Waals surface area contributed by atoms with Crippen molar-refractivity contribution in [1.82, 2.24) is 9.97 Å². The summed E-state index contributed by atoms with van der Waals surface area (Å²) in [5, 5.41) is 4.85. The van der Waals surface area contributed by atoms with Gasteiger partial charge in [-0.15, -0.1) is 0 Å². The van der Waals surface area contributed by atoms with Gasteiger partial charge in [-0.2, -0.15) is 0 Å². The molecule has 0 unspecified atom stereocenters. The van der Waals surface area contributed by atoms with Gasteiger partial charge in [-0.3, -0.25) is 0 Å². The molecule has 2 aliphatic heterocycles. The summed E-state index contributed by atoms with van der Waals surface area (Å²) in [5.74, 6) is 0.685. The molecule has 0 saturated carbocycles. The number of aromatic nitrogens is 2. The van der Waals surface area contributed by atoms with Crippen LogP contribution in [0.4, 0.5) is 34.1 Å². The van der Waals surface area contributed by atoms with E-state index in [1.54, 1.807) is 0 Å². The van der Waals surface area contributed by atoms with Crippen molar-refractivity contribution < 1.29 is 0 Å². The molecule has 10 aromatic rings. The molecule has 3 heterocycles. The summed E-state index contributed by atoms with van der Waals surface area (Å²) >= 11 is 0. The Hall–Kier alpha value is -7.76. The summed E-state index contributed by atoms with van der Waals surface area (Å²) in [4.78, 5) is 17.3. The zero-order valence-corrected chi connectivity index (χ0v) is 59.5. The lowest BCUT2D eigenvalue weighted by Gasteiger charge is -2.45. The second-order valence-electron chi connectivity index (χ2n) is 35.1. The fourth-order valence-corrected chi connectivity index (χ4v) is 13.6. The van der Waals surface area contributed by atoms with E-state index in [1.807, 2.05) is 0 Å². The van der Waals surface area contributed by atoms with Crippen LogP contribution in [0.1, 0.15) is 211 Å². The van der Waals surface area contributed by atoms with Gasteiger partial charge in [0.25, 0.3) is 6.71 Å². The van der Waals surface area contributed by atoms with Crippen molar-refractivity contribution in [1.29, 1.82) is 0 Å². The van der Waals surface area contributed by atoms with Crippen molar-refractivity contribution in [3.05, 3.63) is 208 Å². The third kappa shape index (κ3) is 11.8. The minimum absolute atomic E-state index is 0.114. The van der Waals surface area contributed by atoms with Crippen molar-refractivity contribution in [2.24, 2.45) is 0 Å². The van der Waals surface area contributed by atoms with E-state index in [4.69, 9.17) is 9.97 Å². The number of nitrogens with zero attached hydrogens (tertiary/aromatic N) is 4. The zero-order valence-electron chi connectivity index (χ0n) is 59.5. The van der Waals surface area contributed by atoms with Crippen LogP contribution < -0.4 is 26.2 Å². The van der Waals surface area contributed by atoms with Crippen LogP contribution in [-0.2, 0) is 43.3 Å². The highest BCUT2D eigenvalue weighted by molar-refractivity contribution is 7.00. The number of fused-ring (bicyclic) bond motifs is 8. The maximum absolute atomic E-state index is 5.97. The van der Waals surface area contributed by atoms with Gasteiger partial charge in [-0.1, -0.05) is 263 Å². The van der Waals surface area contributed by atoms with Gasteiger partial charge in [0.15, 0.2) is 5.82 Å². The summed E-state index contributed by atoms with van der Waals surface area (Å²) in [6, 6.07) is 64.3. The summed E-state index contributed by atoms with van der Waals surface area (Å²) < 4.78 is 0. The molecule has 0 aliphatic carbocycles. The van der Waals surface area contributed by atoms with Gasteiger partial charge in [-0.05, 0) is 182 Å². The Labute approximate surface area is 547 Å². The predicted octanol–water partition coefficient (Wildman–Crippen LogP) is 22.2. The van der Waals surface area contributed by atoms with Crippen molar-refractivity contribution >= 4 is 78.8 Å². The van der Waals surface area contributed by atoms with Crippen LogP contribution in [-0.4, -0.2) is 16.7 Å². The first kappa shape index (κ1) is 63.4. The van der Waals surface area contributed by atoms with Gasteiger partial charge in [0.2, 0.25) is 0 Å². The van der Waals surface area contributed by atoms with E-state index in [1.165, 1.54) is 93.8 Å². The lowest BCUT2D eigenvalue weighted by atomic mass is 9.33. The zero-order chi connectivity index (χ0) is 65.8. The molecule has 0 N–H and O–H groups in total. The average Bonchev–Trinajstić information content (AvgIpc) is 0.700. The van der Waals surface area contributed by atoms with Gasteiger partial charge in [0.05, 0.1) is 11.4 Å². The first-order valence-corrected chi connectivity index (χ1v) is 33.5. The van der Waals surface area contributed by atoms with Crippen LogP contribution in [0.2, 0.25) is 0 Å². The standard InChI is InChI=1S/C86H99BN4/c1-79(2,3)57-37-54(38-58(43-57)80(4,5)6)71-51-72(55-39-59(81(7,8)9)44-60(40-55)82(10,11)12)89-78(88-71)56-41-73-75-74(42-56)91(66-49-63(85(19,20)21)46-64(50-66)86(22,23)24)77-68-32-28-26-30-53(68)34-36-70(77)87(75)69-35-33-52-29-25-27-31-67(52)76(69)90(73)65-47-61(83(13,14)15)45-62(48-65)84(16,17)18/h25-51H,1-24H3. The Morgan fingerprint density at radius 2 is 0.571 bits per heavy atom. The summed E-state index contributed by atoms with van der Waals surface area (Å²) in [6.45, 7) is 56.1. The molecule has 0 atom stereocenters. The average molecular weight is 1200 g/mol. The first-order chi connectivity index (χ1) is 42.1. The lowest BCUT2D eigenvalue weighted by molar-refractivity contribution is 0.568. The molecule has 2 aliphatic rings. The van der Waals surface area contributed by atoms with Crippen molar-refractivity contribution in [3.63, 3.8) is 0 Å². The summed E-state index contributed by atoms with van der Waals surface area (Å²) in [6.07, 6.45) is 0. The van der Waals surface area contributed by atoms with Crippen LogP contribution in [0.25, 0.3) is 55.4 Å². The van der Waals surface area contributed by atoms with Gasteiger partial charge >= 0.3 is 0 Å². The summed E-state index contributed by atoms with van der Waals surface area (Å²) in [5.41, 5.74) is 25.1. The van der Waals surface area contributed by atoms with E-state index in [2.05, 4.69) is 340 Å². The highest BCUT2D eigenvalue weighted by Gasteiger charge is 2.46. The van der Waals surface area contributed by atoms with Gasteiger partial charge < -0.3 is 9.80 Å². The third-order valence-corrected chi connectivity index (χ3v) is 19.6. The maximum atomic E-state index is 5.97. The molecule has 0 bridgehead atoms. The molecule has 0 saturated heterocycles. The topological polar surface area (TPSA) is 32.3 Å². The van der Waals surface area contributed by atoms with Crippen LogP contribution in [0.5, 0.6) is 0 Å². The number of hydrogen-bond acceptors (Lipinski definition) is 4. The van der Waals surface area contributed by atoms with Crippen LogP contribution >= 0.6 is 0 Å². The largest absolute Gasteiger partial charge is 0.311 e. The van der Waals surface area contributed by atoms with Crippen molar-refractivity contribution in [2.75, 3.05) is 9.80 Å². The molecule has 0 amide bonds. The lowest BCUT2D eigenvalue weighted by Crippen LogP contribution is -2.61. The maximum Gasteiger partial charge on any atom is 0.252 e. The second kappa shape index (κ2) is 21.4. The highest BCUT2D eigenvalue weighted by Crippen LogP contribution is 2.52. The van der Waals surface area contributed by atoms with E-state index in [9.17, 15) is 0 Å². The molecule has 466 valence electrons. The van der Waals surface area contributed by atoms with E-state index < -0.39 is 0 Å². The number of hydrogen-bond donors (Lipinski definition) is 0. The van der Waals surface area contributed by atoms with E-state index in [0.717, 1.165) is 50.8 Å². The van der Waals surface area contributed by atoms with Crippen LogP contribution in [0.15, 0.2) is 164 Å².